The number of carbonyl (C=O) groups excluding carboxylic acids is 1. The van der Waals surface area contributed by atoms with Gasteiger partial charge >= 0.3 is 0 Å². The highest BCUT2D eigenvalue weighted by Gasteiger charge is 2.12. The average Bonchev–Trinajstić information content (AvgIpc) is 2.41. The molecule has 0 aliphatic rings. The molecule has 20 heavy (non-hydrogen) atoms. The molecule has 0 unspecified atom stereocenters. The molecule has 0 aromatic heterocycles. The Morgan fingerprint density at radius 1 is 1.20 bits per heavy atom. The summed E-state index contributed by atoms with van der Waals surface area (Å²) in [4.78, 5) is 12.1. The number of nitrogens with two attached hydrogens (primary N) is 1. The van der Waals surface area contributed by atoms with Crippen LogP contribution in [-0.4, -0.2) is 5.91 Å². The second-order valence-corrected chi connectivity index (χ2v) is 5.33. The Labute approximate surface area is 127 Å². The first-order chi connectivity index (χ1) is 9.47. The van der Waals surface area contributed by atoms with E-state index in [1.165, 1.54) is 0 Å². The third-order valence-corrected chi connectivity index (χ3v) is 3.52. The van der Waals surface area contributed by atoms with Crippen LogP contribution < -0.4 is 11.1 Å². The highest BCUT2D eigenvalue weighted by molar-refractivity contribution is 6.33. The molecule has 0 radical (unpaired) electrons. The van der Waals surface area contributed by atoms with E-state index in [1.54, 1.807) is 24.3 Å². The van der Waals surface area contributed by atoms with Crippen molar-refractivity contribution in [3.05, 3.63) is 63.6 Å². The van der Waals surface area contributed by atoms with Crippen molar-refractivity contribution in [2.75, 3.05) is 5.73 Å². The van der Waals surface area contributed by atoms with E-state index in [-0.39, 0.29) is 11.9 Å². The van der Waals surface area contributed by atoms with Crippen molar-refractivity contribution < 1.29 is 4.79 Å². The molecule has 3 nitrogen and oxygen atoms in total. The summed E-state index contributed by atoms with van der Waals surface area (Å²) in [5, 5.41) is 3.90. The summed E-state index contributed by atoms with van der Waals surface area (Å²) in [5.74, 6) is -0.209. The van der Waals surface area contributed by atoms with Crippen molar-refractivity contribution in [1.29, 1.82) is 0 Å². The summed E-state index contributed by atoms with van der Waals surface area (Å²) in [7, 11) is 0. The van der Waals surface area contributed by atoms with Crippen LogP contribution in [0.4, 0.5) is 5.69 Å². The molecule has 2 aromatic rings. The van der Waals surface area contributed by atoms with Crippen LogP contribution in [0.5, 0.6) is 0 Å². The van der Waals surface area contributed by atoms with Crippen LogP contribution in [0.15, 0.2) is 42.5 Å². The Morgan fingerprint density at radius 2 is 1.95 bits per heavy atom. The van der Waals surface area contributed by atoms with Crippen molar-refractivity contribution >= 4 is 34.8 Å². The number of rotatable bonds is 3. The minimum Gasteiger partial charge on any atom is -0.398 e. The van der Waals surface area contributed by atoms with Gasteiger partial charge in [0, 0.05) is 10.6 Å². The fourth-order valence-corrected chi connectivity index (χ4v) is 2.19. The smallest absolute Gasteiger partial charge is 0.251 e. The number of benzene rings is 2. The summed E-state index contributed by atoms with van der Waals surface area (Å²) in [5.41, 5.74) is 7.48. The second kappa shape index (κ2) is 6.16. The van der Waals surface area contributed by atoms with E-state index < -0.39 is 0 Å². The van der Waals surface area contributed by atoms with Crippen LogP contribution in [-0.2, 0) is 0 Å². The third-order valence-electron chi connectivity index (χ3n) is 2.96. The normalized spacial score (nSPS) is 11.9. The second-order valence-electron chi connectivity index (χ2n) is 4.49. The molecule has 5 heteroatoms. The first-order valence-corrected chi connectivity index (χ1v) is 6.84. The van der Waals surface area contributed by atoms with E-state index in [9.17, 15) is 4.79 Å². The highest BCUT2D eigenvalue weighted by atomic mass is 35.5. The number of amides is 1. The van der Waals surface area contributed by atoms with Crippen LogP contribution in [0.3, 0.4) is 0 Å². The summed E-state index contributed by atoms with van der Waals surface area (Å²) in [6.07, 6.45) is 0. The molecule has 0 aliphatic heterocycles. The Morgan fingerprint density at radius 3 is 2.60 bits per heavy atom. The van der Waals surface area contributed by atoms with Crippen molar-refractivity contribution in [3.8, 4) is 0 Å². The molecule has 0 spiro atoms. The Bertz CT molecular complexity index is 644. The van der Waals surface area contributed by atoms with E-state index in [0.717, 1.165) is 5.56 Å². The van der Waals surface area contributed by atoms with Crippen LogP contribution in [0.2, 0.25) is 10.0 Å². The Balaban J connectivity index is 2.13. The monoisotopic (exact) mass is 308 g/mol. The molecule has 0 fully saturated rings. The maximum Gasteiger partial charge on any atom is 0.251 e. The first-order valence-electron chi connectivity index (χ1n) is 6.08. The lowest BCUT2D eigenvalue weighted by atomic mass is 10.1. The minimum atomic E-state index is -0.209. The predicted octanol–water partition coefficient (Wildman–Crippen LogP) is 4.07. The standard InChI is InChI=1S/C15H14Cl2N2O/c1-9(10-3-2-4-12(16)7-10)19-15(20)11-5-6-14(18)13(17)8-11/h2-9H,18H2,1H3,(H,19,20)/t9-/m0/s1. The zero-order valence-corrected chi connectivity index (χ0v) is 12.4. The topological polar surface area (TPSA) is 55.1 Å². The van der Waals surface area contributed by atoms with Gasteiger partial charge in [-0.2, -0.15) is 0 Å². The van der Waals surface area contributed by atoms with Crippen molar-refractivity contribution in [2.24, 2.45) is 0 Å². The number of halogens is 2. The van der Waals surface area contributed by atoms with Gasteiger partial charge in [0.1, 0.15) is 0 Å². The summed E-state index contributed by atoms with van der Waals surface area (Å²) < 4.78 is 0. The first kappa shape index (κ1) is 14.7. The lowest BCUT2D eigenvalue weighted by Crippen LogP contribution is -2.26. The number of nitrogen functional groups attached to an aromatic ring is 1. The largest absolute Gasteiger partial charge is 0.398 e. The van der Waals surface area contributed by atoms with Gasteiger partial charge in [-0.15, -0.1) is 0 Å². The maximum atomic E-state index is 12.1. The number of hydrogen-bond donors (Lipinski definition) is 2. The molecule has 0 saturated carbocycles. The van der Waals surface area contributed by atoms with Gasteiger partial charge in [-0.3, -0.25) is 4.79 Å². The Hall–Kier alpha value is -1.71. The highest BCUT2D eigenvalue weighted by Crippen LogP contribution is 2.21. The predicted molar refractivity (Wildman–Crippen MR) is 83.2 cm³/mol. The van der Waals surface area contributed by atoms with Gasteiger partial charge < -0.3 is 11.1 Å². The number of carbonyl (C=O) groups is 1. The molecule has 2 aromatic carbocycles. The van der Waals surface area contributed by atoms with Crippen LogP contribution in [0.25, 0.3) is 0 Å². The summed E-state index contributed by atoms with van der Waals surface area (Å²) in [6, 6.07) is 12.0. The number of hydrogen-bond acceptors (Lipinski definition) is 2. The van der Waals surface area contributed by atoms with Crippen LogP contribution in [0.1, 0.15) is 28.9 Å². The molecule has 0 saturated heterocycles. The van der Waals surface area contributed by atoms with Crippen LogP contribution in [0, 0.1) is 0 Å². The quantitative estimate of drug-likeness (QED) is 0.840. The molecular formula is C15H14Cl2N2O. The van der Waals surface area contributed by atoms with Gasteiger partial charge in [-0.05, 0) is 42.8 Å². The van der Waals surface area contributed by atoms with Gasteiger partial charge in [0.25, 0.3) is 5.91 Å². The molecule has 1 atom stereocenters. The van der Waals surface area contributed by atoms with Crippen LogP contribution >= 0.6 is 23.2 Å². The average molecular weight is 309 g/mol. The molecule has 0 heterocycles. The van der Waals surface area contributed by atoms with E-state index in [1.807, 2.05) is 25.1 Å². The fraction of sp³-hybridized carbons (Fsp3) is 0.133. The minimum absolute atomic E-state index is 0.155. The molecule has 2 rings (SSSR count). The third kappa shape index (κ3) is 3.44. The molecule has 3 N–H and O–H groups in total. The van der Waals surface area contributed by atoms with E-state index in [2.05, 4.69) is 5.32 Å². The molecular weight excluding hydrogens is 295 g/mol. The van der Waals surface area contributed by atoms with Crippen molar-refractivity contribution in [3.63, 3.8) is 0 Å². The summed E-state index contributed by atoms with van der Waals surface area (Å²) >= 11 is 11.8. The zero-order valence-electron chi connectivity index (χ0n) is 10.9. The molecule has 0 bridgehead atoms. The van der Waals surface area contributed by atoms with E-state index >= 15 is 0 Å². The zero-order chi connectivity index (χ0) is 14.7. The van der Waals surface area contributed by atoms with Crippen molar-refractivity contribution in [2.45, 2.75) is 13.0 Å². The molecule has 104 valence electrons. The Kier molecular flexibility index (Phi) is 4.53. The van der Waals surface area contributed by atoms with E-state index in [0.29, 0.717) is 21.3 Å². The fourth-order valence-electron chi connectivity index (χ4n) is 1.81. The van der Waals surface area contributed by atoms with Gasteiger partial charge in [0.15, 0.2) is 0 Å². The van der Waals surface area contributed by atoms with Gasteiger partial charge in [0.05, 0.1) is 16.8 Å². The van der Waals surface area contributed by atoms with E-state index in [4.69, 9.17) is 28.9 Å². The molecule has 0 aliphatic carbocycles. The van der Waals surface area contributed by atoms with Gasteiger partial charge in [-0.25, -0.2) is 0 Å². The van der Waals surface area contributed by atoms with Crippen molar-refractivity contribution in [1.82, 2.24) is 5.32 Å². The summed E-state index contributed by atoms with van der Waals surface area (Å²) in [6.45, 7) is 1.89. The number of nitrogens with one attached hydrogen (secondary N) is 1. The SMILES string of the molecule is C[C@H](NC(=O)c1ccc(N)c(Cl)c1)c1cccc(Cl)c1. The van der Waals surface area contributed by atoms with Gasteiger partial charge in [-0.1, -0.05) is 35.3 Å². The maximum absolute atomic E-state index is 12.1. The lowest BCUT2D eigenvalue weighted by Gasteiger charge is -2.15. The lowest BCUT2D eigenvalue weighted by molar-refractivity contribution is 0.0940. The van der Waals surface area contributed by atoms with Gasteiger partial charge in [0.2, 0.25) is 0 Å². The molecule has 1 amide bonds. The number of anilines is 1.